The van der Waals surface area contributed by atoms with Crippen molar-refractivity contribution in [2.45, 2.75) is 6.92 Å². The van der Waals surface area contributed by atoms with Gasteiger partial charge in [-0.25, -0.2) is 4.79 Å². The summed E-state index contributed by atoms with van der Waals surface area (Å²) < 4.78 is 5.14. The van der Waals surface area contributed by atoms with Gasteiger partial charge < -0.3 is 10.1 Å². The number of fused-ring (bicyclic) bond motifs is 1. The zero-order valence-electron chi connectivity index (χ0n) is 14.1. The molecule has 1 N–H and O–H groups in total. The van der Waals surface area contributed by atoms with Gasteiger partial charge in [0.1, 0.15) is 0 Å². The molecule has 0 spiro atoms. The van der Waals surface area contributed by atoms with Crippen molar-refractivity contribution in [3.8, 4) is 0 Å². The predicted octanol–water partition coefficient (Wildman–Crippen LogP) is 5.30. The molecule has 5 nitrogen and oxygen atoms in total. The molecule has 0 atom stereocenters. The first kappa shape index (κ1) is 19.4. The molecular formula is C19H13Cl3N2O3. The van der Waals surface area contributed by atoms with Gasteiger partial charge in [-0.15, -0.1) is 0 Å². The lowest BCUT2D eigenvalue weighted by molar-refractivity contribution is -0.119. The smallest absolute Gasteiger partial charge is 0.339 e. The number of carbonyl (C=O) groups is 2. The first-order valence-corrected chi connectivity index (χ1v) is 8.96. The number of anilines is 1. The molecule has 3 aromatic rings. The topological polar surface area (TPSA) is 68.3 Å². The Bertz CT molecular complexity index is 1030. The third-order valence-corrected chi connectivity index (χ3v) is 4.48. The molecule has 0 unspecified atom stereocenters. The Morgan fingerprint density at radius 1 is 1.07 bits per heavy atom. The van der Waals surface area contributed by atoms with Crippen LogP contribution in [0.3, 0.4) is 0 Å². The summed E-state index contributed by atoms with van der Waals surface area (Å²) in [5.41, 5.74) is 1.89. The lowest BCUT2D eigenvalue weighted by Crippen LogP contribution is -2.21. The highest BCUT2D eigenvalue weighted by molar-refractivity contribution is 6.42. The van der Waals surface area contributed by atoms with E-state index in [1.165, 1.54) is 12.1 Å². The first-order chi connectivity index (χ1) is 12.8. The molecule has 27 heavy (non-hydrogen) atoms. The Labute approximate surface area is 170 Å². The van der Waals surface area contributed by atoms with Crippen molar-refractivity contribution in [3.63, 3.8) is 0 Å². The average molecular weight is 424 g/mol. The molecule has 3 rings (SSSR count). The van der Waals surface area contributed by atoms with E-state index in [-0.39, 0.29) is 15.7 Å². The van der Waals surface area contributed by atoms with Crippen LogP contribution in [0.5, 0.6) is 0 Å². The molecule has 1 heterocycles. The van der Waals surface area contributed by atoms with Gasteiger partial charge in [0, 0.05) is 16.1 Å². The van der Waals surface area contributed by atoms with E-state index >= 15 is 0 Å². The standard InChI is InChI=1S/C19H13Cl3N2O3/c1-10-6-13(12-4-2-3-5-16(12)23-10)19(26)27-9-17(25)24-18-14(21)7-11(20)8-15(18)22/h2-8H,9H2,1H3,(H,24,25). The van der Waals surface area contributed by atoms with Crippen molar-refractivity contribution in [3.05, 3.63) is 68.8 Å². The number of ether oxygens (including phenoxy) is 1. The Hall–Kier alpha value is -2.34. The quantitative estimate of drug-likeness (QED) is 0.578. The number of halogens is 3. The van der Waals surface area contributed by atoms with Crippen molar-refractivity contribution in [1.82, 2.24) is 4.98 Å². The second-order valence-electron chi connectivity index (χ2n) is 5.70. The summed E-state index contributed by atoms with van der Waals surface area (Å²) in [4.78, 5) is 28.9. The van der Waals surface area contributed by atoms with Gasteiger partial charge in [-0.3, -0.25) is 9.78 Å². The van der Waals surface area contributed by atoms with E-state index in [2.05, 4.69) is 10.3 Å². The largest absolute Gasteiger partial charge is 0.452 e. The number of hydrogen-bond donors (Lipinski definition) is 1. The number of hydrogen-bond acceptors (Lipinski definition) is 4. The number of nitrogens with one attached hydrogen (secondary N) is 1. The van der Waals surface area contributed by atoms with E-state index in [9.17, 15) is 9.59 Å². The molecule has 0 saturated carbocycles. The maximum atomic E-state index is 12.4. The Kier molecular flexibility index (Phi) is 5.85. The molecule has 0 aliphatic rings. The maximum absolute atomic E-state index is 12.4. The second-order valence-corrected chi connectivity index (χ2v) is 6.95. The van der Waals surface area contributed by atoms with E-state index in [1.807, 2.05) is 6.07 Å². The number of pyridine rings is 1. The van der Waals surface area contributed by atoms with Crippen LogP contribution < -0.4 is 5.32 Å². The van der Waals surface area contributed by atoms with Crippen molar-refractivity contribution in [2.75, 3.05) is 11.9 Å². The minimum atomic E-state index is -0.625. The summed E-state index contributed by atoms with van der Waals surface area (Å²) in [5, 5.41) is 3.87. The lowest BCUT2D eigenvalue weighted by Gasteiger charge is -2.11. The lowest BCUT2D eigenvalue weighted by atomic mass is 10.1. The molecule has 0 radical (unpaired) electrons. The fourth-order valence-corrected chi connectivity index (χ4v) is 3.43. The van der Waals surface area contributed by atoms with Crippen molar-refractivity contribution in [2.24, 2.45) is 0 Å². The van der Waals surface area contributed by atoms with Crippen molar-refractivity contribution < 1.29 is 14.3 Å². The SMILES string of the molecule is Cc1cc(C(=O)OCC(=O)Nc2c(Cl)cc(Cl)cc2Cl)c2ccccc2n1. The summed E-state index contributed by atoms with van der Waals surface area (Å²) >= 11 is 17.9. The number of esters is 1. The predicted molar refractivity (Wildman–Crippen MR) is 107 cm³/mol. The number of carbonyl (C=O) groups excluding carboxylic acids is 2. The van der Waals surface area contributed by atoms with E-state index in [0.717, 1.165) is 0 Å². The van der Waals surface area contributed by atoms with Crippen LogP contribution in [0.1, 0.15) is 16.1 Å². The third kappa shape index (κ3) is 4.50. The fraction of sp³-hybridized carbons (Fsp3) is 0.105. The monoisotopic (exact) mass is 422 g/mol. The Morgan fingerprint density at radius 2 is 1.74 bits per heavy atom. The molecule has 1 amide bonds. The third-order valence-electron chi connectivity index (χ3n) is 3.67. The van der Waals surface area contributed by atoms with Crippen LogP contribution in [0.2, 0.25) is 15.1 Å². The highest BCUT2D eigenvalue weighted by atomic mass is 35.5. The number of nitrogens with zero attached hydrogens (tertiary/aromatic N) is 1. The zero-order valence-corrected chi connectivity index (χ0v) is 16.3. The number of aromatic nitrogens is 1. The molecule has 0 fully saturated rings. The number of rotatable bonds is 4. The Morgan fingerprint density at radius 3 is 2.44 bits per heavy atom. The maximum Gasteiger partial charge on any atom is 0.339 e. The number of aryl methyl sites for hydroxylation is 1. The van der Waals surface area contributed by atoms with Gasteiger partial charge in [-0.1, -0.05) is 53.0 Å². The summed E-state index contributed by atoms with van der Waals surface area (Å²) in [5.74, 6) is -1.20. The van der Waals surface area contributed by atoms with Gasteiger partial charge in [0.15, 0.2) is 6.61 Å². The Balaban J connectivity index is 1.72. The molecule has 2 aromatic carbocycles. The average Bonchev–Trinajstić information content (AvgIpc) is 2.62. The first-order valence-electron chi connectivity index (χ1n) is 7.83. The number of para-hydroxylation sites is 1. The molecular weight excluding hydrogens is 411 g/mol. The fourth-order valence-electron chi connectivity index (χ4n) is 2.52. The molecule has 1 aromatic heterocycles. The number of amides is 1. The van der Waals surface area contributed by atoms with Gasteiger partial charge in [-0.05, 0) is 31.2 Å². The molecule has 0 aliphatic heterocycles. The highest BCUT2D eigenvalue weighted by Gasteiger charge is 2.16. The molecule has 0 bridgehead atoms. The van der Waals surface area contributed by atoms with Crippen LogP contribution in [-0.2, 0) is 9.53 Å². The minimum Gasteiger partial charge on any atom is -0.452 e. The van der Waals surface area contributed by atoms with E-state index in [0.29, 0.717) is 27.2 Å². The van der Waals surface area contributed by atoms with E-state index in [4.69, 9.17) is 39.5 Å². The van der Waals surface area contributed by atoms with Crippen LogP contribution in [-0.4, -0.2) is 23.5 Å². The van der Waals surface area contributed by atoms with Crippen molar-refractivity contribution in [1.29, 1.82) is 0 Å². The van der Waals surface area contributed by atoms with Gasteiger partial charge in [0.2, 0.25) is 0 Å². The van der Waals surface area contributed by atoms with Crippen LogP contribution in [0.15, 0.2) is 42.5 Å². The van der Waals surface area contributed by atoms with Crippen LogP contribution in [0, 0.1) is 6.92 Å². The molecule has 138 valence electrons. The van der Waals surface area contributed by atoms with Crippen LogP contribution in [0.4, 0.5) is 5.69 Å². The van der Waals surface area contributed by atoms with Gasteiger partial charge in [0.25, 0.3) is 5.91 Å². The van der Waals surface area contributed by atoms with Crippen molar-refractivity contribution >= 4 is 63.3 Å². The summed E-state index contributed by atoms with van der Waals surface area (Å²) in [6.07, 6.45) is 0. The summed E-state index contributed by atoms with van der Waals surface area (Å²) in [6.45, 7) is 1.28. The second kappa shape index (κ2) is 8.13. The summed E-state index contributed by atoms with van der Waals surface area (Å²) in [6, 6.07) is 11.7. The summed E-state index contributed by atoms with van der Waals surface area (Å²) in [7, 11) is 0. The van der Waals surface area contributed by atoms with Gasteiger partial charge in [-0.2, -0.15) is 0 Å². The molecule has 8 heteroatoms. The zero-order chi connectivity index (χ0) is 19.6. The van der Waals surface area contributed by atoms with Crippen LogP contribution >= 0.6 is 34.8 Å². The molecule has 0 saturated heterocycles. The van der Waals surface area contributed by atoms with E-state index < -0.39 is 18.5 Å². The van der Waals surface area contributed by atoms with Gasteiger partial charge in [0.05, 0.1) is 26.8 Å². The van der Waals surface area contributed by atoms with E-state index in [1.54, 1.807) is 31.2 Å². The number of benzene rings is 2. The van der Waals surface area contributed by atoms with Gasteiger partial charge >= 0.3 is 5.97 Å². The normalized spacial score (nSPS) is 10.7. The molecule has 0 aliphatic carbocycles. The highest BCUT2D eigenvalue weighted by Crippen LogP contribution is 2.33. The van der Waals surface area contributed by atoms with Crippen LogP contribution in [0.25, 0.3) is 10.9 Å². The minimum absolute atomic E-state index is 0.183.